The molecule has 1 saturated heterocycles. The second kappa shape index (κ2) is 11.5. The number of aryl methyl sites for hydroxylation is 1. The SMILES string of the molecule is Cc1cccc2c1N(C(=O)OCc1ccccc1)CCN2c1cc2cnc3nc2n(c1=O)C1CCCN(C/C=C\CN3)C1. The number of carbonyl (C=O) groups excluding carboxylic acids is 1. The summed E-state index contributed by atoms with van der Waals surface area (Å²) in [7, 11) is 0. The zero-order valence-corrected chi connectivity index (χ0v) is 24.3. The first-order valence-corrected chi connectivity index (χ1v) is 15.0. The van der Waals surface area contributed by atoms with E-state index in [4.69, 9.17) is 9.72 Å². The van der Waals surface area contributed by atoms with E-state index in [1.54, 1.807) is 11.1 Å². The lowest BCUT2D eigenvalue weighted by Gasteiger charge is -2.38. The number of ether oxygens (including phenoxy) is 1. The molecule has 7 rings (SSSR count). The zero-order chi connectivity index (χ0) is 29.3. The van der Waals surface area contributed by atoms with Crippen molar-refractivity contribution in [2.45, 2.75) is 32.4 Å². The molecule has 0 saturated carbocycles. The van der Waals surface area contributed by atoms with Crippen molar-refractivity contribution in [3.8, 4) is 0 Å². The van der Waals surface area contributed by atoms with E-state index in [1.807, 2.05) is 71.0 Å². The van der Waals surface area contributed by atoms with Gasteiger partial charge in [0.25, 0.3) is 5.56 Å². The Balaban J connectivity index is 1.29. The molecular formula is C33H35N7O3. The third-order valence-corrected chi connectivity index (χ3v) is 8.55. The number of nitrogens with one attached hydrogen (secondary N) is 1. The van der Waals surface area contributed by atoms with Gasteiger partial charge in [0.05, 0.1) is 17.4 Å². The fourth-order valence-electron chi connectivity index (χ4n) is 6.46. The smallest absolute Gasteiger partial charge is 0.414 e. The van der Waals surface area contributed by atoms with Gasteiger partial charge in [-0.2, -0.15) is 4.98 Å². The minimum Gasteiger partial charge on any atom is -0.444 e. The van der Waals surface area contributed by atoms with Crippen LogP contribution in [0.5, 0.6) is 0 Å². The summed E-state index contributed by atoms with van der Waals surface area (Å²) in [6, 6.07) is 17.5. The number of carbonyl (C=O) groups is 1. The summed E-state index contributed by atoms with van der Waals surface area (Å²) in [5, 5.41) is 4.07. The average molecular weight is 578 g/mol. The van der Waals surface area contributed by atoms with Crippen LogP contribution in [0.15, 0.2) is 77.7 Å². The molecule has 10 nitrogen and oxygen atoms in total. The number of hydrogen-bond acceptors (Lipinski definition) is 8. The summed E-state index contributed by atoms with van der Waals surface area (Å²) >= 11 is 0. The van der Waals surface area contributed by atoms with E-state index in [0.29, 0.717) is 36.9 Å². The fraction of sp³-hybridized carbons (Fsp3) is 0.333. The van der Waals surface area contributed by atoms with Crippen molar-refractivity contribution < 1.29 is 9.53 Å². The van der Waals surface area contributed by atoms with Crippen molar-refractivity contribution in [1.29, 1.82) is 0 Å². The van der Waals surface area contributed by atoms with Crippen LogP contribution in [0.4, 0.5) is 27.8 Å². The summed E-state index contributed by atoms with van der Waals surface area (Å²) in [5.74, 6) is 0.509. The van der Waals surface area contributed by atoms with Gasteiger partial charge in [0.2, 0.25) is 5.95 Å². The van der Waals surface area contributed by atoms with Gasteiger partial charge in [-0.3, -0.25) is 19.2 Å². The standard InChI is InChI=1S/C33H35N7O3/c1-23-9-7-13-27-29(23)39(33(42)43-22-24-10-3-2-4-11-24)18-17-38(27)28-19-25-20-35-32-34-14-5-6-15-37-16-8-12-26(21-37)40(31(28)41)30(25)36-32/h2-7,9-11,13,19-20,26H,8,12,14-18,21-22H2,1H3,(H,34,35,36)/b6-5-. The number of anilines is 4. The zero-order valence-electron chi connectivity index (χ0n) is 24.3. The molecule has 1 amide bonds. The van der Waals surface area contributed by atoms with E-state index >= 15 is 0 Å². The fourth-order valence-corrected chi connectivity index (χ4v) is 6.46. The number of fused-ring (bicyclic) bond motifs is 5. The molecule has 3 aliphatic heterocycles. The molecule has 3 aliphatic rings. The van der Waals surface area contributed by atoms with Gasteiger partial charge in [0.1, 0.15) is 17.9 Å². The third-order valence-electron chi connectivity index (χ3n) is 8.55. The van der Waals surface area contributed by atoms with Gasteiger partial charge in [-0.15, -0.1) is 0 Å². The highest BCUT2D eigenvalue weighted by atomic mass is 16.6. The maximum Gasteiger partial charge on any atom is 0.414 e. The number of benzene rings is 2. The predicted octanol–water partition coefficient (Wildman–Crippen LogP) is 5.01. The molecule has 2 aromatic heterocycles. The second-order valence-electron chi connectivity index (χ2n) is 11.4. The van der Waals surface area contributed by atoms with Crippen LogP contribution in [0.25, 0.3) is 11.0 Å². The molecule has 0 spiro atoms. The van der Waals surface area contributed by atoms with E-state index in [1.165, 1.54) is 0 Å². The molecule has 0 radical (unpaired) electrons. The van der Waals surface area contributed by atoms with Crippen LogP contribution >= 0.6 is 0 Å². The topological polar surface area (TPSA) is 95.8 Å². The molecular weight excluding hydrogens is 542 g/mol. The van der Waals surface area contributed by atoms with Gasteiger partial charge in [-0.1, -0.05) is 54.6 Å². The normalized spacial score (nSPS) is 20.5. The number of hydrogen-bond donors (Lipinski definition) is 1. The first kappa shape index (κ1) is 27.2. The Kier molecular flexibility index (Phi) is 7.28. The van der Waals surface area contributed by atoms with Gasteiger partial charge in [0.15, 0.2) is 0 Å². The Hall–Kier alpha value is -4.70. The first-order valence-electron chi connectivity index (χ1n) is 15.0. The highest BCUT2D eigenvalue weighted by Crippen LogP contribution is 2.40. The van der Waals surface area contributed by atoms with E-state index in [0.717, 1.165) is 60.4 Å². The molecule has 0 aliphatic carbocycles. The number of piperidine rings is 1. The summed E-state index contributed by atoms with van der Waals surface area (Å²) < 4.78 is 7.62. The van der Waals surface area contributed by atoms with E-state index in [2.05, 4.69) is 27.4 Å². The Morgan fingerprint density at radius 2 is 1.93 bits per heavy atom. The van der Waals surface area contributed by atoms with Crippen molar-refractivity contribution in [3.05, 3.63) is 94.4 Å². The lowest BCUT2D eigenvalue weighted by Crippen LogP contribution is -2.45. The Morgan fingerprint density at radius 3 is 2.81 bits per heavy atom. The minimum atomic E-state index is -0.402. The molecule has 1 fully saturated rings. The number of aromatic nitrogens is 3. The molecule has 4 bridgehead atoms. The van der Waals surface area contributed by atoms with Crippen molar-refractivity contribution in [2.24, 2.45) is 0 Å². The molecule has 220 valence electrons. The quantitative estimate of drug-likeness (QED) is 0.340. The summed E-state index contributed by atoms with van der Waals surface area (Å²) in [5.41, 5.74) is 4.55. The summed E-state index contributed by atoms with van der Waals surface area (Å²) in [4.78, 5) is 43.4. The largest absolute Gasteiger partial charge is 0.444 e. The van der Waals surface area contributed by atoms with Crippen molar-refractivity contribution in [2.75, 3.05) is 54.4 Å². The molecule has 10 heteroatoms. The molecule has 1 N–H and O–H groups in total. The summed E-state index contributed by atoms with van der Waals surface area (Å²) in [6.45, 7) is 6.27. The Morgan fingerprint density at radius 1 is 1.05 bits per heavy atom. The number of nitrogens with zero attached hydrogens (tertiary/aromatic N) is 6. The van der Waals surface area contributed by atoms with Crippen LogP contribution in [0, 0.1) is 6.92 Å². The minimum absolute atomic E-state index is 0.00879. The molecule has 2 unspecified atom stereocenters. The predicted molar refractivity (Wildman–Crippen MR) is 168 cm³/mol. The maximum absolute atomic E-state index is 14.5. The third kappa shape index (κ3) is 5.23. The van der Waals surface area contributed by atoms with E-state index < -0.39 is 6.09 Å². The number of para-hydroxylation sites is 1. The number of pyridine rings is 1. The van der Waals surface area contributed by atoms with Crippen molar-refractivity contribution in [1.82, 2.24) is 19.4 Å². The monoisotopic (exact) mass is 577 g/mol. The maximum atomic E-state index is 14.5. The number of rotatable bonds is 3. The van der Waals surface area contributed by atoms with Crippen molar-refractivity contribution in [3.63, 3.8) is 0 Å². The molecule has 43 heavy (non-hydrogen) atoms. The van der Waals surface area contributed by atoms with Gasteiger partial charge in [-0.25, -0.2) is 9.78 Å². The molecule has 2 aromatic carbocycles. The molecule has 4 aromatic rings. The van der Waals surface area contributed by atoms with Crippen LogP contribution in [-0.2, 0) is 11.3 Å². The lowest BCUT2D eigenvalue weighted by molar-refractivity contribution is 0.147. The first-order chi connectivity index (χ1) is 21.1. The van der Waals surface area contributed by atoms with Crippen LogP contribution in [0.1, 0.15) is 30.0 Å². The van der Waals surface area contributed by atoms with Gasteiger partial charge in [-0.05, 0) is 49.6 Å². The highest BCUT2D eigenvalue weighted by Gasteiger charge is 2.33. The van der Waals surface area contributed by atoms with Crippen LogP contribution in [-0.4, -0.2) is 64.8 Å². The van der Waals surface area contributed by atoms with Crippen LogP contribution in [0.2, 0.25) is 0 Å². The van der Waals surface area contributed by atoms with Crippen LogP contribution < -0.4 is 20.7 Å². The molecule has 2 atom stereocenters. The Bertz CT molecular complexity index is 1750. The highest BCUT2D eigenvalue weighted by molar-refractivity contribution is 5.97. The summed E-state index contributed by atoms with van der Waals surface area (Å²) in [6.07, 6.45) is 7.58. The van der Waals surface area contributed by atoms with Crippen molar-refractivity contribution >= 4 is 40.1 Å². The van der Waals surface area contributed by atoms with Crippen LogP contribution in [0.3, 0.4) is 0 Å². The lowest BCUT2D eigenvalue weighted by atomic mass is 10.0. The Labute approximate surface area is 250 Å². The van der Waals surface area contributed by atoms with Gasteiger partial charge >= 0.3 is 6.09 Å². The average Bonchev–Trinajstić information content (AvgIpc) is 3.03. The number of amides is 1. The van der Waals surface area contributed by atoms with Gasteiger partial charge < -0.3 is 15.0 Å². The second-order valence-corrected chi connectivity index (χ2v) is 11.4. The van der Waals surface area contributed by atoms with E-state index in [9.17, 15) is 9.59 Å². The molecule has 5 heterocycles. The van der Waals surface area contributed by atoms with Gasteiger partial charge in [0, 0.05) is 44.3 Å². The van der Waals surface area contributed by atoms with E-state index in [-0.39, 0.29) is 18.2 Å².